The first-order valence-electron chi connectivity index (χ1n) is 6.25. The summed E-state index contributed by atoms with van der Waals surface area (Å²) >= 11 is 3.03. The minimum absolute atomic E-state index is 0.144. The van der Waals surface area contributed by atoms with Crippen molar-refractivity contribution in [1.82, 2.24) is 4.98 Å². The van der Waals surface area contributed by atoms with Crippen molar-refractivity contribution in [2.24, 2.45) is 0 Å². The molecular weight excluding hydrogens is 339 g/mol. The van der Waals surface area contributed by atoms with Crippen LogP contribution in [-0.4, -0.2) is 16.7 Å². The molecular formula is C15H10BrFN2O2. The summed E-state index contributed by atoms with van der Waals surface area (Å²) in [6.07, 6.45) is 1.62. The van der Waals surface area contributed by atoms with Crippen molar-refractivity contribution >= 4 is 33.3 Å². The van der Waals surface area contributed by atoms with Crippen LogP contribution in [0.15, 0.2) is 34.9 Å². The van der Waals surface area contributed by atoms with Gasteiger partial charge >= 0.3 is 0 Å². The van der Waals surface area contributed by atoms with Gasteiger partial charge in [0.25, 0.3) is 11.7 Å². The largest absolute Gasteiger partial charge is 0.299 e. The molecule has 3 rings (SSSR count). The molecule has 1 aliphatic rings. The number of nitrogens with zero attached hydrogens (tertiary/aromatic N) is 2. The van der Waals surface area contributed by atoms with Crippen molar-refractivity contribution in [3.8, 4) is 0 Å². The van der Waals surface area contributed by atoms with Gasteiger partial charge in [0.2, 0.25) is 0 Å². The zero-order valence-corrected chi connectivity index (χ0v) is 12.6. The molecule has 0 N–H and O–H groups in total. The van der Waals surface area contributed by atoms with Gasteiger partial charge in [0.1, 0.15) is 5.82 Å². The van der Waals surface area contributed by atoms with Crippen LogP contribution < -0.4 is 4.90 Å². The van der Waals surface area contributed by atoms with E-state index in [2.05, 4.69) is 20.9 Å². The van der Waals surface area contributed by atoms with Crippen molar-refractivity contribution in [3.63, 3.8) is 0 Å². The maximum Gasteiger partial charge on any atom is 0.299 e. The second-order valence-electron chi connectivity index (χ2n) is 4.77. The molecule has 0 aliphatic carbocycles. The number of carbonyl (C=O) groups is 2. The van der Waals surface area contributed by atoms with Crippen LogP contribution in [0.3, 0.4) is 0 Å². The van der Waals surface area contributed by atoms with Crippen LogP contribution in [0.25, 0.3) is 0 Å². The standard InChI is InChI=1S/C15H10BrFN2O2/c1-8-3-2-4-18-12(8)7-19-13-6-11(17)10(16)5-9(13)14(20)15(19)21/h2-6H,7H2,1H3. The highest BCUT2D eigenvalue weighted by atomic mass is 79.9. The van der Waals surface area contributed by atoms with E-state index in [1.807, 2.05) is 13.0 Å². The molecule has 0 saturated carbocycles. The number of Topliss-reactive ketones (excluding diaryl/α,β-unsaturated/α-hetero) is 1. The summed E-state index contributed by atoms with van der Waals surface area (Å²) in [5, 5.41) is 0. The number of benzene rings is 1. The monoisotopic (exact) mass is 348 g/mol. The Morgan fingerprint density at radius 1 is 1.33 bits per heavy atom. The minimum Gasteiger partial charge on any atom is -0.299 e. The van der Waals surface area contributed by atoms with Crippen molar-refractivity contribution < 1.29 is 14.0 Å². The van der Waals surface area contributed by atoms with Crippen LogP contribution in [0, 0.1) is 12.7 Å². The third-order valence-electron chi connectivity index (χ3n) is 3.44. The molecule has 0 saturated heterocycles. The number of hydrogen-bond acceptors (Lipinski definition) is 3. The SMILES string of the molecule is Cc1cccnc1CN1C(=O)C(=O)c2cc(Br)c(F)cc21. The van der Waals surface area contributed by atoms with E-state index in [0.29, 0.717) is 5.69 Å². The Hall–Kier alpha value is -2.08. The van der Waals surface area contributed by atoms with E-state index < -0.39 is 17.5 Å². The van der Waals surface area contributed by atoms with Crippen molar-refractivity contribution in [3.05, 3.63) is 57.6 Å². The second-order valence-corrected chi connectivity index (χ2v) is 5.63. The van der Waals surface area contributed by atoms with Crippen LogP contribution in [0.2, 0.25) is 0 Å². The van der Waals surface area contributed by atoms with Crippen LogP contribution in [-0.2, 0) is 11.3 Å². The molecule has 1 amide bonds. The van der Waals surface area contributed by atoms with E-state index in [0.717, 1.165) is 5.56 Å². The van der Waals surface area contributed by atoms with Gasteiger partial charge in [-0.1, -0.05) is 6.07 Å². The molecule has 0 unspecified atom stereocenters. The molecule has 0 fully saturated rings. The number of fused-ring (bicyclic) bond motifs is 1. The number of aryl methyl sites for hydroxylation is 1. The van der Waals surface area contributed by atoms with Crippen molar-refractivity contribution in [1.29, 1.82) is 0 Å². The number of carbonyl (C=O) groups excluding carboxylic acids is 2. The van der Waals surface area contributed by atoms with Gasteiger partial charge in [0.05, 0.1) is 28.0 Å². The smallest absolute Gasteiger partial charge is 0.299 e. The van der Waals surface area contributed by atoms with Crippen LogP contribution in [0.1, 0.15) is 21.6 Å². The van der Waals surface area contributed by atoms with Gasteiger partial charge in [-0.2, -0.15) is 0 Å². The highest BCUT2D eigenvalue weighted by Crippen LogP contribution is 2.34. The summed E-state index contributed by atoms with van der Waals surface area (Å²) in [6, 6.07) is 6.20. The summed E-state index contributed by atoms with van der Waals surface area (Å²) in [5.41, 5.74) is 2.08. The first-order valence-corrected chi connectivity index (χ1v) is 7.04. The van der Waals surface area contributed by atoms with Gasteiger partial charge in [-0.15, -0.1) is 0 Å². The van der Waals surface area contributed by atoms with Crippen LogP contribution in [0.5, 0.6) is 0 Å². The summed E-state index contributed by atoms with van der Waals surface area (Å²) in [5.74, 6) is -1.80. The molecule has 106 valence electrons. The number of rotatable bonds is 2. The molecule has 1 aliphatic heterocycles. The molecule has 0 bridgehead atoms. The Labute approximate surface area is 128 Å². The van der Waals surface area contributed by atoms with Gasteiger partial charge in [-0.25, -0.2) is 4.39 Å². The Balaban J connectivity index is 2.06. The van der Waals surface area contributed by atoms with E-state index in [-0.39, 0.29) is 22.3 Å². The molecule has 1 aromatic carbocycles. The highest BCUT2D eigenvalue weighted by Gasteiger charge is 2.37. The molecule has 6 heteroatoms. The van der Waals surface area contributed by atoms with E-state index >= 15 is 0 Å². The van der Waals surface area contributed by atoms with Gasteiger partial charge in [-0.05, 0) is 46.6 Å². The predicted molar refractivity (Wildman–Crippen MR) is 78.6 cm³/mol. The number of ketones is 1. The molecule has 0 spiro atoms. The van der Waals surface area contributed by atoms with E-state index in [4.69, 9.17) is 0 Å². The maximum absolute atomic E-state index is 13.7. The quantitative estimate of drug-likeness (QED) is 0.784. The summed E-state index contributed by atoms with van der Waals surface area (Å²) in [4.78, 5) is 29.6. The fourth-order valence-corrected chi connectivity index (χ4v) is 2.62. The average Bonchev–Trinajstić information content (AvgIpc) is 2.67. The lowest BCUT2D eigenvalue weighted by Crippen LogP contribution is -2.29. The fourth-order valence-electron chi connectivity index (χ4n) is 2.28. The fraction of sp³-hybridized carbons (Fsp3) is 0.133. The zero-order chi connectivity index (χ0) is 15.1. The first kappa shape index (κ1) is 13.9. The molecule has 0 radical (unpaired) electrons. The number of hydrogen-bond donors (Lipinski definition) is 0. The summed E-state index contributed by atoms with van der Waals surface area (Å²) in [6.45, 7) is 2.01. The summed E-state index contributed by atoms with van der Waals surface area (Å²) < 4.78 is 13.9. The van der Waals surface area contributed by atoms with Crippen LogP contribution >= 0.6 is 15.9 Å². The lowest BCUT2D eigenvalue weighted by molar-refractivity contribution is -0.114. The Bertz CT molecular complexity index is 776. The van der Waals surface area contributed by atoms with Gasteiger partial charge in [0.15, 0.2) is 0 Å². The first-order chi connectivity index (χ1) is 9.99. The predicted octanol–water partition coefficient (Wildman–Crippen LogP) is 3.02. The third kappa shape index (κ3) is 2.25. The molecule has 0 atom stereocenters. The number of amides is 1. The van der Waals surface area contributed by atoms with E-state index in [9.17, 15) is 14.0 Å². The molecule has 2 aromatic rings. The van der Waals surface area contributed by atoms with Crippen molar-refractivity contribution in [2.75, 3.05) is 4.90 Å². The lowest BCUT2D eigenvalue weighted by atomic mass is 10.1. The molecule has 21 heavy (non-hydrogen) atoms. The number of halogens is 2. The molecule has 4 nitrogen and oxygen atoms in total. The maximum atomic E-state index is 13.7. The van der Waals surface area contributed by atoms with E-state index in [1.54, 1.807) is 12.3 Å². The summed E-state index contributed by atoms with van der Waals surface area (Å²) in [7, 11) is 0. The van der Waals surface area contributed by atoms with E-state index in [1.165, 1.54) is 17.0 Å². The van der Waals surface area contributed by atoms with Crippen LogP contribution in [0.4, 0.5) is 10.1 Å². The zero-order valence-electron chi connectivity index (χ0n) is 11.1. The number of anilines is 1. The third-order valence-corrected chi connectivity index (χ3v) is 4.05. The van der Waals surface area contributed by atoms with Gasteiger partial charge in [0, 0.05) is 6.20 Å². The number of aromatic nitrogens is 1. The Kier molecular flexibility index (Phi) is 3.33. The lowest BCUT2D eigenvalue weighted by Gasteiger charge is -2.17. The van der Waals surface area contributed by atoms with Gasteiger partial charge in [-0.3, -0.25) is 19.5 Å². The molecule has 2 heterocycles. The average molecular weight is 349 g/mol. The topological polar surface area (TPSA) is 50.3 Å². The van der Waals surface area contributed by atoms with Crippen molar-refractivity contribution in [2.45, 2.75) is 13.5 Å². The second kappa shape index (κ2) is 5.04. The Morgan fingerprint density at radius 2 is 2.10 bits per heavy atom. The normalized spacial score (nSPS) is 13.8. The highest BCUT2D eigenvalue weighted by molar-refractivity contribution is 9.10. The molecule has 1 aromatic heterocycles. The minimum atomic E-state index is -0.660. The Morgan fingerprint density at radius 3 is 2.81 bits per heavy atom. The van der Waals surface area contributed by atoms with Gasteiger partial charge < -0.3 is 0 Å². The number of pyridine rings is 1.